The molecule has 3 rings (SSSR count). The van der Waals surface area contributed by atoms with Gasteiger partial charge in [-0.05, 0) is 36.4 Å². The monoisotopic (exact) mass is 410 g/mol. The van der Waals surface area contributed by atoms with Gasteiger partial charge < -0.3 is 14.8 Å². The Morgan fingerprint density at radius 2 is 1.67 bits per heavy atom. The standard InChI is InChI=1S/C20H18N4O6/c1-23-18(26)16(17(25)21-15-7-5-4-6-14(15)19(27)30-3)22-24(20(23)28)12-8-10-13(29-2)11-9-12/h4-11H,1-3H3,(H,21,25). The van der Waals surface area contributed by atoms with Crippen LogP contribution >= 0.6 is 0 Å². The summed E-state index contributed by atoms with van der Waals surface area (Å²) in [7, 11) is 3.95. The number of nitrogens with zero attached hydrogens (tertiary/aromatic N) is 3. The number of hydrogen-bond donors (Lipinski definition) is 1. The summed E-state index contributed by atoms with van der Waals surface area (Å²) in [5.41, 5.74) is -1.54. The lowest BCUT2D eigenvalue weighted by Gasteiger charge is -2.11. The third-order valence-corrected chi connectivity index (χ3v) is 4.29. The quantitative estimate of drug-likeness (QED) is 0.622. The van der Waals surface area contributed by atoms with Gasteiger partial charge in [-0.3, -0.25) is 14.2 Å². The van der Waals surface area contributed by atoms with Gasteiger partial charge >= 0.3 is 11.7 Å². The van der Waals surface area contributed by atoms with Crippen molar-refractivity contribution in [2.75, 3.05) is 19.5 Å². The molecule has 1 heterocycles. The van der Waals surface area contributed by atoms with Crippen LogP contribution in [0.5, 0.6) is 5.75 Å². The van der Waals surface area contributed by atoms with E-state index >= 15 is 0 Å². The summed E-state index contributed by atoms with van der Waals surface area (Å²) < 4.78 is 11.5. The van der Waals surface area contributed by atoms with Crippen molar-refractivity contribution < 1.29 is 19.1 Å². The van der Waals surface area contributed by atoms with Crippen molar-refractivity contribution in [2.24, 2.45) is 7.05 Å². The van der Waals surface area contributed by atoms with E-state index < -0.39 is 28.8 Å². The predicted molar refractivity (Wildman–Crippen MR) is 107 cm³/mol. The van der Waals surface area contributed by atoms with Crippen molar-refractivity contribution >= 4 is 17.6 Å². The normalized spacial score (nSPS) is 10.4. The van der Waals surface area contributed by atoms with Crippen molar-refractivity contribution in [1.29, 1.82) is 0 Å². The molecular weight excluding hydrogens is 392 g/mol. The Morgan fingerprint density at radius 3 is 2.30 bits per heavy atom. The number of esters is 1. The molecule has 0 unspecified atom stereocenters. The van der Waals surface area contributed by atoms with Crippen LogP contribution in [0.3, 0.4) is 0 Å². The molecule has 3 aromatic rings. The van der Waals surface area contributed by atoms with Gasteiger partial charge in [-0.15, -0.1) is 0 Å². The molecule has 0 aliphatic heterocycles. The number of para-hydroxylation sites is 1. The largest absolute Gasteiger partial charge is 0.497 e. The van der Waals surface area contributed by atoms with Crippen molar-refractivity contribution in [3.8, 4) is 11.4 Å². The van der Waals surface area contributed by atoms with Crippen LogP contribution in [0.25, 0.3) is 5.69 Å². The number of nitrogens with one attached hydrogen (secondary N) is 1. The maximum absolute atomic E-state index is 12.8. The van der Waals surface area contributed by atoms with Gasteiger partial charge in [-0.2, -0.15) is 9.78 Å². The van der Waals surface area contributed by atoms with E-state index in [1.165, 1.54) is 33.4 Å². The van der Waals surface area contributed by atoms with E-state index in [9.17, 15) is 19.2 Å². The molecule has 10 heteroatoms. The van der Waals surface area contributed by atoms with Crippen LogP contribution in [0.15, 0.2) is 58.1 Å². The van der Waals surface area contributed by atoms with Crippen LogP contribution in [0, 0.1) is 0 Å². The van der Waals surface area contributed by atoms with E-state index in [2.05, 4.69) is 10.4 Å². The first-order valence-corrected chi connectivity index (χ1v) is 8.71. The summed E-state index contributed by atoms with van der Waals surface area (Å²) in [5, 5.41) is 6.43. The number of carbonyl (C=O) groups excluding carboxylic acids is 2. The summed E-state index contributed by atoms with van der Waals surface area (Å²) in [6, 6.07) is 12.5. The average Bonchev–Trinajstić information content (AvgIpc) is 2.77. The van der Waals surface area contributed by atoms with Crippen LogP contribution in [0.2, 0.25) is 0 Å². The molecule has 30 heavy (non-hydrogen) atoms. The number of anilines is 1. The molecule has 0 aliphatic rings. The zero-order valence-electron chi connectivity index (χ0n) is 16.4. The molecular formula is C20H18N4O6. The van der Waals surface area contributed by atoms with Crippen LogP contribution < -0.4 is 21.3 Å². The number of carbonyl (C=O) groups is 2. The van der Waals surface area contributed by atoms with Crippen molar-refractivity contribution in [2.45, 2.75) is 0 Å². The summed E-state index contributed by atoms with van der Waals surface area (Å²) in [5.74, 6) is -0.974. The van der Waals surface area contributed by atoms with Crippen molar-refractivity contribution in [3.63, 3.8) is 0 Å². The zero-order valence-corrected chi connectivity index (χ0v) is 16.4. The second kappa shape index (κ2) is 8.43. The number of ether oxygens (including phenoxy) is 2. The van der Waals surface area contributed by atoms with Gasteiger partial charge in [0.1, 0.15) is 5.75 Å². The van der Waals surface area contributed by atoms with Crippen LogP contribution in [0.4, 0.5) is 5.69 Å². The number of amides is 1. The van der Waals surface area contributed by atoms with Gasteiger partial charge in [0.25, 0.3) is 11.5 Å². The Hall–Kier alpha value is -4.21. The predicted octanol–water partition coefficient (Wildman–Crippen LogP) is 0.979. The van der Waals surface area contributed by atoms with E-state index in [1.54, 1.807) is 36.4 Å². The molecule has 10 nitrogen and oxygen atoms in total. The summed E-state index contributed by atoms with van der Waals surface area (Å²) in [4.78, 5) is 49.7. The minimum absolute atomic E-state index is 0.105. The van der Waals surface area contributed by atoms with Crippen molar-refractivity contribution in [1.82, 2.24) is 14.3 Å². The van der Waals surface area contributed by atoms with E-state index in [0.29, 0.717) is 11.4 Å². The highest BCUT2D eigenvalue weighted by atomic mass is 16.5. The first kappa shape index (κ1) is 20.5. The van der Waals surface area contributed by atoms with Crippen LogP contribution in [-0.4, -0.2) is 40.4 Å². The summed E-state index contributed by atoms with van der Waals surface area (Å²) >= 11 is 0. The molecule has 0 spiro atoms. The zero-order chi connectivity index (χ0) is 21.8. The van der Waals surface area contributed by atoms with Gasteiger partial charge in [0.05, 0.1) is 31.2 Å². The van der Waals surface area contributed by atoms with E-state index in [1.807, 2.05) is 0 Å². The molecule has 0 saturated heterocycles. The average molecular weight is 410 g/mol. The molecule has 154 valence electrons. The van der Waals surface area contributed by atoms with E-state index in [4.69, 9.17) is 9.47 Å². The Balaban J connectivity index is 2.05. The minimum Gasteiger partial charge on any atom is -0.497 e. The Kier molecular flexibility index (Phi) is 5.77. The Labute approximate surface area is 170 Å². The molecule has 0 aliphatic carbocycles. The van der Waals surface area contributed by atoms with Crippen molar-refractivity contribution in [3.05, 3.63) is 80.6 Å². The SMILES string of the molecule is COC(=O)c1ccccc1NC(=O)c1nn(-c2ccc(OC)cc2)c(=O)n(C)c1=O. The fraction of sp³-hybridized carbons (Fsp3) is 0.150. The second-order valence-corrected chi connectivity index (χ2v) is 6.10. The number of methoxy groups -OCH3 is 2. The molecule has 0 bridgehead atoms. The van der Waals surface area contributed by atoms with E-state index in [0.717, 1.165) is 9.25 Å². The van der Waals surface area contributed by atoms with Gasteiger partial charge in [-0.25, -0.2) is 9.59 Å². The third kappa shape index (κ3) is 3.83. The van der Waals surface area contributed by atoms with Crippen LogP contribution in [-0.2, 0) is 11.8 Å². The number of benzene rings is 2. The highest BCUT2D eigenvalue weighted by molar-refractivity contribution is 6.06. The summed E-state index contributed by atoms with van der Waals surface area (Å²) in [6.45, 7) is 0. The first-order chi connectivity index (χ1) is 14.4. The molecule has 0 fully saturated rings. The smallest absolute Gasteiger partial charge is 0.351 e. The molecule has 0 radical (unpaired) electrons. The van der Waals surface area contributed by atoms with Gasteiger partial charge in [0, 0.05) is 7.05 Å². The third-order valence-electron chi connectivity index (χ3n) is 4.29. The molecule has 1 N–H and O–H groups in total. The first-order valence-electron chi connectivity index (χ1n) is 8.71. The Morgan fingerprint density at radius 1 is 1.00 bits per heavy atom. The highest BCUT2D eigenvalue weighted by Crippen LogP contribution is 2.17. The Bertz CT molecular complexity index is 1230. The second-order valence-electron chi connectivity index (χ2n) is 6.10. The maximum Gasteiger partial charge on any atom is 0.351 e. The number of aromatic nitrogens is 3. The highest BCUT2D eigenvalue weighted by Gasteiger charge is 2.21. The molecule has 1 aromatic heterocycles. The fourth-order valence-corrected chi connectivity index (χ4v) is 2.67. The lowest BCUT2D eigenvalue weighted by atomic mass is 10.1. The molecule has 1 amide bonds. The van der Waals surface area contributed by atoms with Gasteiger partial charge in [0.15, 0.2) is 0 Å². The summed E-state index contributed by atoms with van der Waals surface area (Å²) in [6.07, 6.45) is 0. The molecule has 0 saturated carbocycles. The molecule has 2 aromatic carbocycles. The molecule has 0 atom stereocenters. The minimum atomic E-state index is -0.880. The lowest BCUT2D eigenvalue weighted by Crippen LogP contribution is -2.43. The number of rotatable bonds is 5. The topological polar surface area (TPSA) is 122 Å². The lowest BCUT2D eigenvalue weighted by molar-refractivity contribution is 0.0602. The van der Waals surface area contributed by atoms with E-state index in [-0.39, 0.29) is 11.3 Å². The van der Waals surface area contributed by atoms with Crippen LogP contribution in [0.1, 0.15) is 20.8 Å². The van der Waals surface area contributed by atoms with Gasteiger partial charge in [0.2, 0.25) is 5.69 Å². The maximum atomic E-state index is 12.8. The fourth-order valence-electron chi connectivity index (χ4n) is 2.67. The van der Waals surface area contributed by atoms with Gasteiger partial charge in [-0.1, -0.05) is 12.1 Å². The number of hydrogen-bond acceptors (Lipinski definition) is 7.